The topological polar surface area (TPSA) is 55.4 Å². The molecular formula is C21H15BrClNO3. The molecule has 0 aliphatic heterocycles. The maximum absolute atomic E-state index is 12.3. The highest BCUT2D eigenvalue weighted by atomic mass is 79.9. The number of ether oxygens (including phenoxy) is 1. The van der Waals surface area contributed by atoms with E-state index in [1.54, 1.807) is 72.8 Å². The van der Waals surface area contributed by atoms with Crippen molar-refractivity contribution in [2.24, 2.45) is 0 Å². The molecule has 0 heterocycles. The second-order valence-corrected chi connectivity index (χ2v) is 7.06. The second-order valence-electron chi connectivity index (χ2n) is 5.71. The van der Waals surface area contributed by atoms with E-state index in [2.05, 4.69) is 21.2 Å². The predicted octanol–water partition coefficient (Wildman–Crippen LogP) is 5.62. The third-order valence-corrected chi connectivity index (χ3v) is 4.52. The number of carbonyl (C=O) groups excluding carboxylic acids is 2. The van der Waals surface area contributed by atoms with Crippen LogP contribution in [0.15, 0.2) is 77.3 Å². The van der Waals surface area contributed by atoms with Crippen molar-refractivity contribution in [3.63, 3.8) is 0 Å². The van der Waals surface area contributed by atoms with Crippen LogP contribution in [0.1, 0.15) is 20.7 Å². The quantitative estimate of drug-likeness (QED) is 0.502. The van der Waals surface area contributed by atoms with Gasteiger partial charge in [0.2, 0.25) is 0 Å². The summed E-state index contributed by atoms with van der Waals surface area (Å²) in [5.74, 6) is 0.110. The molecule has 3 aromatic carbocycles. The maximum atomic E-state index is 12.3. The molecule has 0 aliphatic carbocycles. The fourth-order valence-corrected chi connectivity index (χ4v) is 2.73. The zero-order valence-electron chi connectivity index (χ0n) is 14.1. The van der Waals surface area contributed by atoms with Gasteiger partial charge in [-0.3, -0.25) is 9.59 Å². The van der Waals surface area contributed by atoms with E-state index in [0.717, 1.165) is 4.47 Å². The number of ketones is 1. The van der Waals surface area contributed by atoms with Crippen LogP contribution in [0.4, 0.5) is 5.69 Å². The average molecular weight is 445 g/mol. The lowest BCUT2D eigenvalue weighted by Gasteiger charge is -2.09. The van der Waals surface area contributed by atoms with Gasteiger partial charge in [0.05, 0.1) is 0 Å². The zero-order chi connectivity index (χ0) is 19.2. The van der Waals surface area contributed by atoms with Crippen LogP contribution in [0.5, 0.6) is 5.75 Å². The summed E-state index contributed by atoms with van der Waals surface area (Å²) in [5, 5.41) is 3.38. The summed E-state index contributed by atoms with van der Waals surface area (Å²) in [6.07, 6.45) is 0. The van der Waals surface area contributed by atoms with Crippen molar-refractivity contribution in [3.8, 4) is 5.75 Å². The summed E-state index contributed by atoms with van der Waals surface area (Å²) in [6.45, 7) is -0.105. The summed E-state index contributed by atoms with van der Waals surface area (Å²) in [4.78, 5) is 24.4. The van der Waals surface area contributed by atoms with Gasteiger partial charge in [-0.15, -0.1) is 0 Å². The van der Waals surface area contributed by atoms with E-state index in [4.69, 9.17) is 16.3 Å². The molecule has 4 nitrogen and oxygen atoms in total. The Kier molecular flexibility index (Phi) is 6.27. The number of amides is 1. The molecule has 1 N–H and O–H groups in total. The Bertz CT molecular complexity index is 956. The number of hydrogen-bond acceptors (Lipinski definition) is 3. The molecule has 3 aromatic rings. The van der Waals surface area contributed by atoms with Crippen molar-refractivity contribution in [3.05, 3.63) is 93.4 Å². The van der Waals surface area contributed by atoms with Crippen molar-refractivity contribution in [1.82, 2.24) is 0 Å². The molecule has 0 atom stereocenters. The predicted molar refractivity (Wildman–Crippen MR) is 110 cm³/mol. The maximum Gasteiger partial charge on any atom is 0.255 e. The minimum Gasteiger partial charge on any atom is -0.485 e. The van der Waals surface area contributed by atoms with Gasteiger partial charge in [-0.25, -0.2) is 0 Å². The Hall–Kier alpha value is -2.63. The van der Waals surface area contributed by atoms with Gasteiger partial charge >= 0.3 is 0 Å². The highest BCUT2D eigenvalue weighted by molar-refractivity contribution is 9.10. The molecule has 6 heteroatoms. The molecule has 0 saturated heterocycles. The molecule has 0 spiro atoms. The van der Waals surface area contributed by atoms with Crippen molar-refractivity contribution >= 4 is 44.9 Å². The Morgan fingerprint density at radius 2 is 1.59 bits per heavy atom. The van der Waals surface area contributed by atoms with E-state index in [1.807, 2.05) is 0 Å². The van der Waals surface area contributed by atoms with Crippen molar-refractivity contribution < 1.29 is 14.3 Å². The van der Waals surface area contributed by atoms with Gasteiger partial charge in [-0.05, 0) is 60.7 Å². The van der Waals surface area contributed by atoms with Crippen LogP contribution < -0.4 is 10.1 Å². The number of carbonyl (C=O) groups is 2. The number of rotatable bonds is 6. The molecule has 0 fully saturated rings. The molecule has 136 valence electrons. The Morgan fingerprint density at radius 1 is 0.926 bits per heavy atom. The summed E-state index contributed by atoms with van der Waals surface area (Å²) < 4.78 is 6.46. The number of hydrogen-bond donors (Lipinski definition) is 1. The first kappa shape index (κ1) is 19.1. The number of halogens is 2. The third-order valence-electron chi connectivity index (χ3n) is 3.73. The molecule has 1 amide bonds. The minimum absolute atomic E-state index is 0.105. The molecule has 0 radical (unpaired) electrons. The number of Topliss-reactive ketones (excluding diaryl/α,β-unsaturated/α-hetero) is 1. The lowest BCUT2D eigenvalue weighted by Crippen LogP contribution is -2.13. The second kappa shape index (κ2) is 8.84. The van der Waals surface area contributed by atoms with Crippen LogP contribution in [-0.2, 0) is 0 Å². The monoisotopic (exact) mass is 443 g/mol. The van der Waals surface area contributed by atoms with Crippen molar-refractivity contribution in [1.29, 1.82) is 0 Å². The summed E-state index contributed by atoms with van der Waals surface area (Å²) >= 11 is 9.16. The fourth-order valence-electron chi connectivity index (χ4n) is 2.34. The van der Waals surface area contributed by atoms with E-state index in [0.29, 0.717) is 27.6 Å². The van der Waals surface area contributed by atoms with Crippen LogP contribution in [-0.4, -0.2) is 18.3 Å². The van der Waals surface area contributed by atoms with Gasteiger partial charge in [0.1, 0.15) is 5.75 Å². The van der Waals surface area contributed by atoms with E-state index in [9.17, 15) is 9.59 Å². The molecule has 0 aliphatic rings. The molecule has 0 unspecified atom stereocenters. The number of nitrogens with one attached hydrogen (secondary N) is 1. The van der Waals surface area contributed by atoms with Crippen LogP contribution in [0.3, 0.4) is 0 Å². The number of benzene rings is 3. The van der Waals surface area contributed by atoms with Gasteiger partial charge in [-0.1, -0.05) is 33.6 Å². The standard InChI is InChI=1S/C21H15BrClNO3/c22-16-8-4-15(5-9-16)21(26)24-18-2-1-3-19(12-18)27-13-20(25)14-6-10-17(23)11-7-14/h1-12H,13H2,(H,24,26). The molecule has 27 heavy (non-hydrogen) atoms. The van der Waals surface area contributed by atoms with Gasteiger partial charge in [0, 0.05) is 32.4 Å². The largest absolute Gasteiger partial charge is 0.485 e. The summed E-state index contributed by atoms with van der Waals surface area (Å²) in [5.41, 5.74) is 1.65. The van der Waals surface area contributed by atoms with E-state index in [1.165, 1.54) is 0 Å². The SMILES string of the molecule is O=C(COc1cccc(NC(=O)c2ccc(Br)cc2)c1)c1ccc(Cl)cc1. The molecular weight excluding hydrogens is 430 g/mol. The van der Waals surface area contributed by atoms with E-state index in [-0.39, 0.29) is 18.3 Å². The van der Waals surface area contributed by atoms with Gasteiger partial charge in [0.25, 0.3) is 5.91 Å². The normalized spacial score (nSPS) is 10.3. The van der Waals surface area contributed by atoms with Crippen LogP contribution in [0, 0.1) is 0 Å². The molecule has 0 saturated carbocycles. The minimum atomic E-state index is -0.225. The molecule has 3 rings (SSSR count). The smallest absolute Gasteiger partial charge is 0.255 e. The van der Waals surface area contributed by atoms with Gasteiger partial charge in [0.15, 0.2) is 12.4 Å². The first-order valence-corrected chi connectivity index (χ1v) is 9.27. The van der Waals surface area contributed by atoms with Gasteiger partial charge in [-0.2, -0.15) is 0 Å². The molecule has 0 bridgehead atoms. The fraction of sp³-hybridized carbons (Fsp3) is 0.0476. The highest BCUT2D eigenvalue weighted by Crippen LogP contribution is 2.19. The lowest BCUT2D eigenvalue weighted by molar-refractivity contribution is 0.0920. The first-order chi connectivity index (χ1) is 13.0. The molecule has 0 aromatic heterocycles. The van der Waals surface area contributed by atoms with Crippen molar-refractivity contribution in [2.75, 3.05) is 11.9 Å². The Labute approximate surface area is 170 Å². The van der Waals surface area contributed by atoms with E-state index < -0.39 is 0 Å². The zero-order valence-corrected chi connectivity index (χ0v) is 16.5. The first-order valence-electron chi connectivity index (χ1n) is 8.10. The third kappa shape index (κ3) is 5.42. The van der Waals surface area contributed by atoms with Crippen LogP contribution >= 0.6 is 27.5 Å². The Balaban J connectivity index is 1.61. The average Bonchev–Trinajstić information content (AvgIpc) is 2.67. The Morgan fingerprint density at radius 3 is 2.30 bits per heavy atom. The van der Waals surface area contributed by atoms with Gasteiger partial charge < -0.3 is 10.1 Å². The van der Waals surface area contributed by atoms with E-state index >= 15 is 0 Å². The summed E-state index contributed by atoms with van der Waals surface area (Å²) in [7, 11) is 0. The van der Waals surface area contributed by atoms with Crippen LogP contribution in [0.25, 0.3) is 0 Å². The highest BCUT2D eigenvalue weighted by Gasteiger charge is 2.09. The summed E-state index contributed by atoms with van der Waals surface area (Å²) in [6, 6.07) is 20.6. The number of anilines is 1. The lowest BCUT2D eigenvalue weighted by atomic mass is 10.1. The van der Waals surface area contributed by atoms with Crippen LogP contribution in [0.2, 0.25) is 5.02 Å². The van der Waals surface area contributed by atoms with Crippen molar-refractivity contribution in [2.45, 2.75) is 0 Å².